The zero-order valence-corrected chi connectivity index (χ0v) is 9.24. The summed E-state index contributed by atoms with van der Waals surface area (Å²) in [4.78, 5) is 22.0. The largest absolute Gasteiger partial charge is 0.480 e. The van der Waals surface area contributed by atoms with Crippen LogP contribution < -0.4 is 5.32 Å². The van der Waals surface area contributed by atoms with Crippen LogP contribution in [0.2, 0.25) is 0 Å². The minimum atomic E-state index is -1.03. The van der Waals surface area contributed by atoms with E-state index in [2.05, 4.69) is 15.6 Å². The first-order chi connectivity index (χ1) is 8.63. The monoisotopic (exact) mass is 250 g/mol. The van der Waals surface area contributed by atoms with Crippen LogP contribution in [0.15, 0.2) is 29.0 Å². The number of nitrogens with zero attached hydrogens (tertiary/aromatic N) is 3. The molecule has 0 aliphatic heterocycles. The Kier molecular flexibility index (Phi) is 3.37. The van der Waals surface area contributed by atoms with E-state index in [1.165, 1.54) is 12.5 Å². The maximum Gasteiger partial charge on any atom is 0.325 e. The fraction of sp³-hybridized carbons (Fsp3) is 0.200. The average Bonchev–Trinajstić information content (AvgIpc) is 2.89. The van der Waals surface area contributed by atoms with Crippen molar-refractivity contribution >= 4 is 17.7 Å². The lowest BCUT2D eigenvalue weighted by atomic mass is 10.3. The van der Waals surface area contributed by atoms with Gasteiger partial charge in [-0.05, 0) is 12.1 Å². The van der Waals surface area contributed by atoms with Gasteiger partial charge in [0, 0.05) is 0 Å². The summed E-state index contributed by atoms with van der Waals surface area (Å²) in [5.74, 6) is -0.612. The lowest BCUT2D eigenvalue weighted by Crippen LogP contribution is -2.14. The van der Waals surface area contributed by atoms with Crippen LogP contribution in [0.3, 0.4) is 0 Å². The Bertz CT molecular complexity index is 546. The number of aromatic nitrogens is 3. The highest BCUT2D eigenvalue weighted by atomic mass is 16.4. The summed E-state index contributed by atoms with van der Waals surface area (Å²) in [6, 6.07) is 3.37. The number of carboxylic acid groups (broad SMARTS) is 1. The molecule has 1 amide bonds. The molecule has 18 heavy (non-hydrogen) atoms. The van der Waals surface area contributed by atoms with Crippen LogP contribution in [0.4, 0.5) is 5.82 Å². The quantitative estimate of drug-likeness (QED) is 0.780. The third-order valence-corrected chi connectivity index (χ3v) is 2.02. The molecule has 94 valence electrons. The molecule has 0 unspecified atom stereocenters. The lowest BCUT2D eigenvalue weighted by Gasteiger charge is -1.98. The number of hydrogen-bond acceptors (Lipinski definition) is 5. The first-order valence-electron chi connectivity index (χ1n) is 5.07. The normalized spacial score (nSPS) is 10.2. The summed E-state index contributed by atoms with van der Waals surface area (Å²) in [6.45, 7) is -0.305. The highest BCUT2D eigenvalue weighted by Crippen LogP contribution is 2.04. The van der Waals surface area contributed by atoms with E-state index in [0.717, 1.165) is 4.68 Å². The second kappa shape index (κ2) is 5.13. The van der Waals surface area contributed by atoms with Crippen LogP contribution in [0, 0.1) is 0 Å². The second-order valence-electron chi connectivity index (χ2n) is 3.50. The van der Waals surface area contributed by atoms with Crippen molar-refractivity contribution in [2.24, 2.45) is 0 Å². The molecule has 0 bridgehead atoms. The summed E-state index contributed by atoms with van der Waals surface area (Å²) in [6.07, 6.45) is 2.90. The van der Waals surface area contributed by atoms with E-state index in [4.69, 9.17) is 9.52 Å². The van der Waals surface area contributed by atoms with Crippen LogP contribution >= 0.6 is 0 Å². The van der Waals surface area contributed by atoms with Crippen molar-refractivity contribution in [2.45, 2.75) is 13.0 Å². The molecule has 0 saturated heterocycles. The van der Waals surface area contributed by atoms with E-state index in [1.54, 1.807) is 12.1 Å². The number of carbonyl (C=O) groups excluding carboxylic acids is 1. The minimum absolute atomic E-state index is 0.0821. The van der Waals surface area contributed by atoms with E-state index in [-0.39, 0.29) is 24.7 Å². The topological polar surface area (TPSA) is 110 Å². The number of carbonyl (C=O) groups is 2. The molecule has 0 aliphatic carbocycles. The fourth-order valence-corrected chi connectivity index (χ4v) is 1.33. The summed E-state index contributed by atoms with van der Waals surface area (Å²) in [7, 11) is 0. The van der Waals surface area contributed by atoms with Gasteiger partial charge in [-0.1, -0.05) is 5.21 Å². The van der Waals surface area contributed by atoms with Crippen molar-refractivity contribution in [2.75, 3.05) is 5.32 Å². The number of rotatable bonds is 5. The molecule has 2 rings (SSSR count). The molecule has 2 N–H and O–H groups in total. The van der Waals surface area contributed by atoms with E-state index in [0.29, 0.717) is 5.76 Å². The number of nitrogens with one attached hydrogen (secondary N) is 1. The van der Waals surface area contributed by atoms with Crippen LogP contribution in [0.25, 0.3) is 0 Å². The molecule has 2 heterocycles. The molecule has 2 aromatic rings. The number of hydrogen-bond donors (Lipinski definition) is 2. The van der Waals surface area contributed by atoms with Gasteiger partial charge in [-0.25, -0.2) is 4.68 Å². The molecule has 0 spiro atoms. The number of furan rings is 1. The third kappa shape index (κ3) is 3.17. The highest BCUT2D eigenvalue weighted by molar-refractivity contribution is 5.90. The first kappa shape index (κ1) is 11.8. The molecule has 0 aliphatic rings. The predicted octanol–water partition coefficient (Wildman–Crippen LogP) is 0.137. The molecule has 8 heteroatoms. The van der Waals surface area contributed by atoms with E-state index >= 15 is 0 Å². The minimum Gasteiger partial charge on any atom is -0.480 e. The van der Waals surface area contributed by atoms with Gasteiger partial charge in [0.15, 0.2) is 5.82 Å². The van der Waals surface area contributed by atoms with Gasteiger partial charge in [0.2, 0.25) is 5.91 Å². The van der Waals surface area contributed by atoms with Crippen LogP contribution in [0.1, 0.15) is 5.76 Å². The molecule has 0 fully saturated rings. The van der Waals surface area contributed by atoms with E-state index in [1.807, 2.05) is 0 Å². The van der Waals surface area contributed by atoms with E-state index < -0.39 is 5.97 Å². The predicted molar refractivity (Wildman–Crippen MR) is 58.7 cm³/mol. The molecule has 0 atom stereocenters. The number of anilines is 1. The Balaban J connectivity index is 1.91. The number of aliphatic carboxylic acids is 1. The number of amides is 1. The smallest absolute Gasteiger partial charge is 0.325 e. The van der Waals surface area contributed by atoms with Gasteiger partial charge in [0.1, 0.15) is 12.3 Å². The molecule has 0 saturated carbocycles. The van der Waals surface area contributed by atoms with Crippen LogP contribution in [0.5, 0.6) is 0 Å². The van der Waals surface area contributed by atoms with Crippen molar-refractivity contribution in [3.8, 4) is 0 Å². The van der Waals surface area contributed by atoms with Crippen molar-refractivity contribution in [1.29, 1.82) is 0 Å². The number of carboxylic acids is 1. The Morgan fingerprint density at radius 2 is 2.33 bits per heavy atom. The van der Waals surface area contributed by atoms with Gasteiger partial charge in [0.05, 0.1) is 18.9 Å². The fourth-order valence-electron chi connectivity index (χ4n) is 1.33. The molecule has 0 radical (unpaired) electrons. The molecule has 0 aromatic carbocycles. The van der Waals surface area contributed by atoms with Gasteiger partial charge in [-0.3, -0.25) is 9.59 Å². The Morgan fingerprint density at radius 3 is 3.00 bits per heavy atom. The van der Waals surface area contributed by atoms with Gasteiger partial charge in [-0.15, -0.1) is 5.10 Å². The summed E-state index contributed by atoms with van der Waals surface area (Å²) < 4.78 is 6.14. The van der Waals surface area contributed by atoms with Gasteiger partial charge >= 0.3 is 5.97 Å². The lowest BCUT2D eigenvalue weighted by molar-refractivity contribution is -0.137. The van der Waals surface area contributed by atoms with Gasteiger partial charge < -0.3 is 14.8 Å². The highest BCUT2D eigenvalue weighted by Gasteiger charge is 2.09. The Morgan fingerprint density at radius 1 is 1.50 bits per heavy atom. The summed E-state index contributed by atoms with van der Waals surface area (Å²) in [5, 5.41) is 18.2. The Hall–Kier alpha value is -2.64. The van der Waals surface area contributed by atoms with E-state index in [9.17, 15) is 9.59 Å². The summed E-state index contributed by atoms with van der Waals surface area (Å²) in [5.41, 5.74) is 0. The molecule has 2 aromatic heterocycles. The third-order valence-electron chi connectivity index (χ3n) is 2.02. The Labute approximate surface area is 101 Å². The maximum absolute atomic E-state index is 11.5. The SMILES string of the molecule is O=C(O)Cn1cc(NC(=O)Cc2ccco2)nn1. The molecular formula is C10H10N4O4. The van der Waals surface area contributed by atoms with Crippen molar-refractivity contribution in [3.05, 3.63) is 30.4 Å². The second-order valence-corrected chi connectivity index (χ2v) is 3.50. The van der Waals surface area contributed by atoms with Crippen molar-refractivity contribution in [1.82, 2.24) is 15.0 Å². The van der Waals surface area contributed by atoms with Gasteiger partial charge in [-0.2, -0.15) is 0 Å². The average molecular weight is 250 g/mol. The summed E-state index contributed by atoms with van der Waals surface area (Å²) >= 11 is 0. The molecule has 8 nitrogen and oxygen atoms in total. The van der Waals surface area contributed by atoms with Gasteiger partial charge in [0.25, 0.3) is 0 Å². The zero-order valence-electron chi connectivity index (χ0n) is 9.24. The first-order valence-corrected chi connectivity index (χ1v) is 5.07. The molecular weight excluding hydrogens is 240 g/mol. The van der Waals surface area contributed by atoms with Crippen LogP contribution in [-0.4, -0.2) is 32.0 Å². The zero-order chi connectivity index (χ0) is 13.0. The standard InChI is InChI=1S/C10H10N4O4/c15-9(4-7-2-1-3-18-7)11-8-5-14(13-12-8)6-10(16)17/h1-3,5H,4,6H2,(H,11,15)(H,16,17). The maximum atomic E-state index is 11.5. The van der Waals surface area contributed by atoms with Crippen molar-refractivity contribution < 1.29 is 19.1 Å². The van der Waals surface area contributed by atoms with Crippen molar-refractivity contribution in [3.63, 3.8) is 0 Å². The van der Waals surface area contributed by atoms with Crippen LogP contribution in [-0.2, 0) is 22.6 Å².